The molecule has 5 heteroatoms. The molecule has 106 valence electrons. The van der Waals surface area contributed by atoms with Crippen LogP contribution in [0.4, 0.5) is 0 Å². The molecule has 1 heterocycles. The molecule has 20 heavy (non-hydrogen) atoms. The number of hydrogen-bond acceptors (Lipinski definition) is 3. The van der Waals surface area contributed by atoms with E-state index in [0.717, 1.165) is 47.0 Å². The monoisotopic (exact) mass is 308 g/mol. The summed E-state index contributed by atoms with van der Waals surface area (Å²) in [6, 6.07) is 7.72. The van der Waals surface area contributed by atoms with Gasteiger partial charge in [-0.05, 0) is 31.4 Å². The topological polar surface area (TPSA) is 56.0 Å². The highest BCUT2D eigenvalue weighted by Gasteiger charge is 2.05. The minimum Gasteiger partial charge on any atom is -0.370 e. The number of carbonyl (C=O) groups is 1. The third-order valence-corrected chi connectivity index (χ3v) is 4.19. The van der Waals surface area contributed by atoms with E-state index in [2.05, 4.69) is 10.4 Å². The van der Waals surface area contributed by atoms with Crippen molar-refractivity contribution in [1.82, 2.24) is 4.98 Å². The van der Waals surface area contributed by atoms with Gasteiger partial charge in [0.1, 0.15) is 5.01 Å². The third kappa shape index (κ3) is 4.62. The number of thiazole rings is 1. The number of nitrogens with zero attached hydrogens (tertiary/aromatic N) is 1. The van der Waals surface area contributed by atoms with Crippen LogP contribution in [-0.2, 0) is 11.2 Å². The summed E-state index contributed by atoms with van der Waals surface area (Å²) in [5.41, 5.74) is 7.31. The molecule has 0 radical (unpaired) electrons. The highest BCUT2D eigenvalue weighted by atomic mass is 35.5. The molecule has 0 saturated carbocycles. The molecule has 2 N–H and O–H groups in total. The van der Waals surface area contributed by atoms with Crippen molar-refractivity contribution in [1.29, 1.82) is 0 Å². The van der Waals surface area contributed by atoms with Gasteiger partial charge in [0.15, 0.2) is 0 Å². The second-order valence-corrected chi connectivity index (χ2v) is 5.97. The van der Waals surface area contributed by atoms with Crippen LogP contribution >= 0.6 is 22.9 Å². The lowest BCUT2D eigenvalue weighted by Gasteiger charge is -1.98. The van der Waals surface area contributed by atoms with Gasteiger partial charge in [0, 0.05) is 22.4 Å². The standard InChI is InChI=1S/C15H17ClN2OS/c16-12-8-6-11(7-9-12)15-18-13(10-20-15)4-2-1-3-5-14(17)19/h6-10H,1-5H2,(H2,17,19). The van der Waals surface area contributed by atoms with Crippen LogP contribution < -0.4 is 5.73 Å². The molecule has 1 aromatic carbocycles. The van der Waals surface area contributed by atoms with Crippen LogP contribution in [0.3, 0.4) is 0 Å². The number of unbranched alkanes of at least 4 members (excludes halogenated alkanes) is 2. The van der Waals surface area contributed by atoms with Crippen molar-refractivity contribution in [3.05, 3.63) is 40.4 Å². The van der Waals surface area contributed by atoms with Crippen molar-refractivity contribution in [3.8, 4) is 10.6 Å². The summed E-state index contributed by atoms with van der Waals surface area (Å²) in [7, 11) is 0. The van der Waals surface area contributed by atoms with Crippen LogP contribution in [0.25, 0.3) is 10.6 Å². The summed E-state index contributed by atoms with van der Waals surface area (Å²) in [5, 5.41) is 3.85. The normalized spacial score (nSPS) is 10.7. The van der Waals surface area contributed by atoms with Crippen molar-refractivity contribution >= 4 is 28.8 Å². The van der Waals surface area contributed by atoms with Gasteiger partial charge in [-0.25, -0.2) is 4.98 Å². The molecule has 0 spiro atoms. The maximum absolute atomic E-state index is 10.6. The minimum atomic E-state index is -0.219. The first-order chi connectivity index (χ1) is 9.65. The number of benzene rings is 1. The molecule has 0 bridgehead atoms. The highest BCUT2D eigenvalue weighted by molar-refractivity contribution is 7.13. The van der Waals surface area contributed by atoms with Gasteiger partial charge in [0.25, 0.3) is 0 Å². The van der Waals surface area contributed by atoms with Gasteiger partial charge in [-0.3, -0.25) is 4.79 Å². The van der Waals surface area contributed by atoms with Crippen LogP contribution in [0.5, 0.6) is 0 Å². The Morgan fingerprint density at radius 2 is 1.95 bits per heavy atom. The van der Waals surface area contributed by atoms with E-state index in [0.29, 0.717) is 6.42 Å². The van der Waals surface area contributed by atoms with Gasteiger partial charge in [-0.1, -0.05) is 30.2 Å². The number of nitrogens with two attached hydrogens (primary N) is 1. The molecule has 0 aliphatic carbocycles. The lowest BCUT2D eigenvalue weighted by Crippen LogP contribution is -2.09. The quantitative estimate of drug-likeness (QED) is 0.784. The average molecular weight is 309 g/mol. The SMILES string of the molecule is NC(=O)CCCCCc1csc(-c2ccc(Cl)cc2)n1. The highest BCUT2D eigenvalue weighted by Crippen LogP contribution is 2.25. The lowest BCUT2D eigenvalue weighted by atomic mass is 10.1. The zero-order valence-electron chi connectivity index (χ0n) is 11.1. The maximum atomic E-state index is 10.6. The lowest BCUT2D eigenvalue weighted by molar-refractivity contribution is -0.118. The summed E-state index contributed by atoms with van der Waals surface area (Å²) in [6.07, 6.45) is 4.34. The second kappa shape index (κ2) is 7.41. The first kappa shape index (κ1) is 15.0. The Kier molecular flexibility index (Phi) is 5.56. The number of rotatable bonds is 7. The summed E-state index contributed by atoms with van der Waals surface area (Å²) >= 11 is 7.52. The Morgan fingerprint density at radius 3 is 2.65 bits per heavy atom. The van der Waals surface area contributed by atoms with Gasteiger partial charge in [-0.15, -0.1) is 11.3 Å². The predicted molar refractivity (Wildman–Crippen MR) is 83.9 cm³/mol. The van der Waals surface area contributed by atoms with E-state index in [1.54, 1.807) is 11.3 Å². The summed E-state index contributed by atoms with van der Waals surface area (Å²) in [4.78, 5) is 15.2. The average Bonchev–Trinajstić information content (AvgIpc) is 2.87. The third-order valence-electron chi connectivity index (χ3n) is 3.00. The largest absolute Gasteiger partial charge is 0.370 e. The zero-order valence-corrected chi connectivity index (χ0v) is 12.7. The van der Waals surface area contributed by atoms with Crippen molar-refractivity contribution in [2.45, 2.75) is 32.1 Å². The first-order valence-corrected chi connectivity index (χ1v) is 7.89. The van der Waals surface area contributed by atoms with Crippen molar-refractivity contribution in [2.24, 2.45) is 5.73 Å². The number of primary amides is 1. The second-order valence-electron chi connectivity index (χ2n) is 4.68. The van der Waals surface area contributed by atoms with Gasteiger partial charge in [0.05, 0.1) is 5.69 Å². The van der Waals surface area contributed by atoms with Crippen molar-refractivity contribution in [2.75, 3.05) is 0 Å². The predicted octanol–water partition coefficient (Wildman–Crippen LogP) is 4.05. The molecule has 1 amide bonds. The van der Waals surface area contributed by atoms with Crippen LogP contribution in [0.1, 0.15) is 31.4 Å². The molecule has 3 nitrogen and oxygen atoms in total. The number of aromatic nitrogens is 1. The van der Waals surface area contributed by atoms with E-state index >= 15 is 0 Å². The maximum Gasteiger partial charge on any atom is 0.217 e. The molecule has 2 rings (SSSR count). The van der Waals surface area contributed by atoms with Crippen molar-refractivity contribution in [3.63, 3.8) is 0 Å². The Balaban J connectivity index is 1.83. The van der Waals surface area contributed by atoms with Crippen molar-refractivity contribution < 1.29 is 4.79 Å². The van der Waals surface area contributed by atoms with Crippen LogP contribution in [-0.4, -0.2) is 10.9 Å². The Morgan fingerprint density at radius 1 is 1.20 bits per heavy atom. The fraction of sp³-hybridized carbons (Fsp3) is 0.333. The van der Waals surface area contributed by atoms with Crippen LogP contribution in [0, 0.1) is 0 Å². The van der Waals surface area contributed by atoms with Gasteiger partial charge < -0.3 is 5.73 Å². The fourth-order valence-corrected chi connectivity index (χ4v) is 2.92. The molecule has 0 fully saturated rings. The van der Waals surface area contributed by atoms with E-state index in [9.17, 15) is 4.79 Å². The van der Waals surface area contributed by atoms with E-state index in [4.69, 9.17) is 17.3 Å². The molecular formula is C15H17ClN2OS. The summed E-state index contributed by atoms with van der Waals surface area (Å²) < 4.78 is 0. The number of amides is 1. The molecule has 0 atom stereocenters. The minimum absolute atomic E-state index is 0.219. The first-order valence-electron chi connectivity index (χ1n) is 6.64. The number of carbonyl (C=O) groups excluding carboxylic acids is 1. The molecule has 1 aromatic heterocycles. The van der Waals surface area contributed by atoms with Gasteiger partial charge in [-0.2, -0.15) is 0 Å². The Labute approximate surface area is 127 Å². The zero-order chi connectivity index (χ0) is 14.4. The van der Waals surface area contributed by atoms with E-state index in [1.165, 1.54) is 0 Å². The summed E-state index contributed by atoms with van der Waals surface area (Å²) in [6.45, 7) is 0. The molecule has 0 saturated heterocycles. The molecule has 0 unspecified atom stereocenters. The smallest absolute Gasteiger partial charge is 0.217 e. The molecule has 0 aliphatic rings. The number of aryl methyl sites for hydroxylation is 1. The Hall–Kier alpha value is -1.39. The number of halogens is 1. The molecule has 0 aliphatic heterocycles. The Bertz CT molecular complexity index is 566. The van der Waals surface area contributed by atoms with Crippen LogP contribution in [0.2, 0.25) is 5.02 Å². The van der Waals surface area contributed by atoms with Gasteiger partial charge >= 0.3 is 0 Å². The van der Waals surface area contributed by atoms with E-state index in [1.807, 2.05) is 24.3 Å². The fourth-order valence-electron chi connectivity index (χ4n) is 1.93. The van der Waals surface area contributed by atoms with E-state index < -0.39 is 0 Å². The molecular weight excluding hydrogens is 292 g/mol. The number of hydrogen-bond donors (Lipinski definition) is 1. The molecule has 2 aromatic rings. The van der Waals surface area contributed by atoms with Gasteiger partial charge in [0.2, 0.25) is 5.91 Å². The summed E-state index contributed by atoms with van der Waals surface area (Å²) in [5.74, 6) is -0.219. The van der Waals surface area contributed by atoms with Crippen LogP contribution in [0.15, 0.2) is 29.6 Å². The van der Waals surface area contributed by atoms with E-state index in [-0.39, 0.29) is 5.91 Å².